The van der Waals surface area contributed by atoms with Crippen LogP contribution in [0.3, 0.4) is 0 Å². The predicted octanol–water partition coefficient (Wildman–Crippen LogP) is 2.62. The average molecular weight is 272 g/mol. The van der Waals surface area contributed by atoms with Gasteiger partial charge in [-0.3, -0.25) is 5.10 Å². The van der Waals surface area contributed by atoms with Gasteiger partial charge in [0.25, 0.3) is 0 Å². The van der Waals surface area contributed by atoms with E-state index in [0.29, 0.717) is 0 Å². The van der Waals surface area contributed by atoms with E-state index in [9.17, 15) is 0 Å². The number of halogens is 1. The summed E-state index contributed by atoms with van der Waals surface area (Å²) in [5, 5.41) is 12.4. The predicted molar refractivity (Wildman–Crippen MR) is 62.4 cm³/mol. The van der Waals surface area contributed by atoms with Crippen molar-refractivity contribution in [3.8, 4) is 10.6 Å². The molecule has 5 heteroatoms. The lowest BCUT2D eigenvalue weighted by atomic mass is 10.3. The highest BCUT2D eigenvalue weighted by Gasteiger charge is 2.05. The van der Waals surface area contributed by atoms with Crippen LogP contribution in [-0.2, 0) is 6.54 Å². The Hall–Kier alpha value is -0.650. The zero-order valence-corrected chi connectivity index (χ0v) is 10.1. The van der Waals surface area contributed by atoms with Gasteiger partial charge in [0.2, 0.25) is 0 Å². The molecule has 0 aromatic carbocycles. The minimum atomic E-state index is 0.819. The van der Waals surface area contributed by atoms with Gasteiger partial charge in [-0.15, -0.1) is 11.3 Å². The van der Waals surface area contributed by atoms with Crippen molar-refractivity contribution in [3.63, 3.8) is 0 Å². The van der Waals surface area contributed by atoms with Crippen molar-refractivity contribution in [3.05, 3.63) is 27.7 Å². The maximum Gasteiger partial charge on any atom is 0.102 e. The van der Waals surface area contributed by atoms with E-state index in [1.807, 2.05) is 7.05 Å². The normalized spacial score (nSPS) is 10.7. The lowest BCUT2D eigenvalue weighted by molar-refractivity contribution is 0.784. The van der Waals surface area contributed by atoms with Crippen LogP contribution in [0.2, 0.25) is 0 Å². The molecule has 0 aliphatic heterocycles. The first kappa shape index (κ1) is 9.89. The van der Waals surface area contributed by atoms with E-state index in [2.05, 4.69) is 49.0 Å². The number of aromatic nitrogens is 2. The van der Waals surface area contributed by atoms with Gasteiger partial charge >= 0.3 is 0 Å². The minimum Gasteiger partial charge on any atom is -0.314 e. The molecule has 0 saturated heterocycles. The molecule has 0 fully saturated rings. The standard InChI is InChI=1S/C9H10BrN3S/c1-11-4-7-3-8(13-12-7)9-2-6(10)5-14-9/h2-3,5,11H,4H2,1H3,(H,12,13). The topological polar surface area (TPSA) is 40.7 Å². The van der Waals surface area contributed by atoms with Crippen LogP contribution < -0.4 is 5.32 Å². The Morgan fingerprint density at radius 1 is 1.57 bits per heavy atom. The van der Waals surface area contributed by atoms with Gasteiger partial charge in [0.05, 0.1) is 4.88 Å². The molecule has 74 valence electrons. The lowest BCUT2D eigenvalue weighted by Crippen LogP contribution is -2.04. The first-order valence-electron chi connectivity index (χ1n) is 4.23. The van der Waals surface area contributed by atoms with E-state index < -0.39 is 0 Å². The van der Waals surface area contributed by atoms with Gasteiger partial charge < -0.3 is 5.32 Å². The summed E-state index contributed by atoms with van der Waals surface area (Å²) < 4.78 is 1.11. The van der Waals surface area contributed by atoms with Gasteiger partial charge in [-0.1, -0.05) is 0 Å². The van der Waals surface area contributed by atoms with Gasteiger partial charge in [-0.25, -0.2) is 0 Å². The summed E-state index contributed by atoms with van der Waals surface area (Å²) >= 11 is 5.11. The summed E-state index contributed by atoms with van der Waals surface area (Å²) in [4.78, 5) is 1.18. The molecule has 0 bridgehead atoms. The molecule has 0 aliphatic rings. The van der Waals surface area contributed by atoms with E-state index in [1.54, 1.807) is 11.3 Å². The van der Waals surface area contributed by atoms with Gasteiger partial charge in [0, 0.05) is 22.1 Å². The molecule has 0 atom stereocenters. The van der Waals surface area contributed by atoms with Gasteiger partial charge in [0.15, 0.2) is 0 Å². The van der Waals surface area contributed by atoms with Gasteiger partial charge in [-0.05, 0) is 35.1 Å². The first-order chi connectivity index (χ1) is 6.79. The Kier molecular flexibility index (Phi) is 3.00. The van der Waals surface area contributed by atoms with Crippen molar-refractivity contribution in [1.29, 1.82) is 0 Å². The van der Waals surface area contributed by atoms with Crippen LogP contribution in [0.15, 0.2) is 22.0 Å². The molecule has 2 heterocycles. The van der Waals surface area contributed by atoms with Crippen molar-refractivity contribution >= 4 is 27.3 Å². The van der Waals surface area contributed by atoms with Crippen LogP contribution in [0.5, 0.6) is 0 Å². The van der Waals surface area contributed by atoms with Crippen LogP contribution in [0.4, 0.5) is 0 Å². The Balaban J connectivity index is 2.24. The second kappa shape index (κ2) is 4.25. The fourth-order valence-electron chi connectivity index (χ4n) is 1.22. The number of thiophene rings is 1. The van der Waals surface area contributed by atoms with Crippen LogP contribution >= 0.6 is 27.3 Å². The van der Waals surface area contributed by atoms with Crippen LogP contribution in [0.25, 0.3) is 10.6 Å². The number of nitrogens with zero attached hydrogens (tertiary/aromatic N) is 1. The molecule has 2 rings (SSSR count). The summed E-state index contributed by atoms with van der Waals surface area (Å²) in [6.45, 7) is 0.819. The molecule has 0 radical (unpaired) electrons. The molecule has 3 nitrogen and oxygen atoms in total. The van der Waals surface area contributed by atoms with E-state index >= 15 is 0 Å². The first-order valence-corrected chi connectivity index (χ1v) is 5.90. The molecule has 2 aromatic rings. The zero-order chi connectivity index (χ0) is 9.97. The molecule has 0 amide bonds. The highest BCUT2D eigenvalue weighted by molar-refractivity contribution is 9.10. The quantitative estimate of drug-likeness (QED) is 0.901. The third-order valence-electron chi connectivity index (χ3n) is 1.82. The average Bonchev–Trinajstić information content (AvgIpc) is 2.74. The Labute approximate surface area is 94.7 Å². The maximum atomic E-state index is 4.24. The van der Waals surface area contributed by atoms with Crippen molar-refractivity contribution in [2.45, 2.75) is 6.54 Å². The van der Waals surface area contributed by atoms with Crippen LogP contribution in [-0.4, -0.2) is 17.2 Å². The molecule has 0 saturated carbocycles. The lowest BCUT2D eigenvalue weighted by Gasteiger charge is -1.90. The molecule has 0 spiro atoms. The van der Waals surface area contributed by atoms with Crippen molar-refractivity contribution < 1.29 is 0 Å². The fraction of sp³-hybridized carbons (Fsp3) is 0.222. The third kappa shape index (κ3) is 2.05. The van der Waals surface area contributed by atoms with E-state index in [0.717, 1.165) is 22.4 Å². The number of H-pyrrole nitrogens is 1. The van der Waals surface area contributed by atoms with Crippen LogP contribution in [0, 0.1) is 0 Å². The highest BCUT2D eigenvalue weighted by atomic mass is 79.9. The largest absolute Gasteiger partial charge is 0.314 e. The highest BCUT2D eigenvalue weighted by Crippen LogP contribution is 2.28. The van der Waals surface area contributed by atoms with Crippen molar-refractivity contribution in [1.82, 2.24) is 15.5 Å². The summed E-state index contributed by atoms with van der Waals surface area (Å²) in [5.74, 6) is 0. The summed E-state index contributed by atoms with van der Waals surface area (Å²) in [7, 11) is 1.92. The Morgan fingerprint density at radius 3 is 3.07 bits per heavy atom. The summed E-state index contributed by atoms with van der Waals surface area (Å²) in [5.41, 5.74) is 2.11. The maximum absolute atomic E-state index is 4.24. The second-order valence-corrected chi connectivity index (χ2v) is 4.76. The molecule has 0 unspecified atom stereocenters. The van der Waals surface area contributed by atoms with Gasteiger partial charge in [-0.2, -0.15) is 5.10 Å². The Morgan fingerprint density at radius 2 is 2.43 bits per heavy atom. The van der Waals surface area contributed by atoms with Crippen LogP contribution in [0.1, 0.15) is 5.69 Å². The minimum absolute atomic E-state index is 0.819. The zero-order valence-electron chi connectivity index (χ0n) is 7.67. The fourth-order valence-corrected chi connectivity index (χ4v) is 2.60. The summed E-state index contributed by atoms with van der Waals surface area (Å²) in [6.07, 6.45) is 0. The van der Waals surface area contributed by atoms with E-state index in [-0.39, 0.29) is 0 Å². The van der Waals surface area contributed by atoms with E-state index in [4.69, 9.17) is 0 Å². The number of nitrogens with one attached hydrogen (secondary N) is 2. The van der Waals surface area contributed by atoms with E-state index in [1.165, 1.54) is 4.88 Å². The molecule has 2 aromatic heterocycles. The number of hydrogen-bond acceptors (Lipinski definition) is 3. The van der Waals surface area contributed by atoms with Gasteiger partial charge in [0.1, 0.15) is 5.69 Å². The Bertz CT molecular complexity index is 421. The smallest absolute Gasteiger partial charge is 0.102 e. The van der Waals surface area contributed by atoms with Crippen molar-refractivity contribution in [2.75, 3.05) is 7.05 Å². The molecule has 14 heavy (non-hydrogen) atoms. The molecular weight excluding hydrogens is 262 g/mol. The SMILES string of the molecule is CNCc1cc(-c2cc(Br)cs2)n[nH]1. The summed E-state index contributed by atoms with van der Waals surface area (Å²) in [6, 6.07) is 4.14. The third-order valence-corrected chi connectivity index (χ3v) is 3.53. The monoisotopic (exact) mass is 271 g/mol. The molecule has 0 aliphatic carbocycles. The second-order valence-electron chi connectivity index (χ2n) is 2.94. The molecule has 2 N–H and O–H groups in total. The number of aromatic amines is 1. The number of rotatable bonds is 3. The number of hydrogen-bond donors (Lipinski definition) is 2. The van der Waals surface area contributed by atoms with Crippen molar-refractivity contribution in [2.24, 2.45) is 0 Å². The molecular formula is C9H10BrN3S.